The molecule has 0 aliphatic rings. The van der Waals surface area contributed by atoms with Crippen LogP contribution in [-0.4, -0.2) is 14.5 Å². The number of isocyanates is 1. The fourth-order valence-corrected chi connectivity index (χ4v) is 3.22. The van der Waals surface area contributed by atoms with Gasteiger partial charge in [-0.05, 0) is 62.4 Å². The molecule has 0 atom stereocenters. The van der Waals surface area contributed by atoms with Gasteiger partial charge in [0.15, 0.2) is 0 Å². The molecule has 1 rings (SSSR count). The summed E-state index contributed by atoms with van der Waals surface area (Å²) in [6, 6.07) is 0. The lowest BCUT2D eigenvalue weighted by Gasteiger charge is -2.16. The fraction of sp³-hybridized carbons (Fsp3) is 0.417. The van der Waals surface area contributed by atoms with Crippen LogP contribution in [0, 0.1) is 34.6 Å². The lowest BCUT2D eigenvalue weighted by atomic mass is 9.95. The van der Waals surface area contributed by atoms with Crippen molar-refractivity contribution in [1.29, 1.82) is 0 Å². The van der Waals surface area contributed by atoms with Gasteiger partial charge in [0, 0.05) is 0 Å². The molecule has 1 aromatic carbocycles. The van der Waals surface area contributed by atoms with Crippen molar-refractivity contribution < 1.29 is 13.2 Å². The highest BCUT2D eigenvalue weighted by atomic mass is 32.2. The summed E-state index contributed by atoms with van der Waals surface area (Å²) in [6.07, 6.45) is 1.10. The molecule has 0 saturated heterocycles. The van der Waals surface area contributed by atoms with Crippen LogP contribution in [0.2, 0.25) is 0 Å². The van der Waals surface area contributed by atoms with E-state index in [1.807, 2.05) is 20.8 Å². The van der Waals surface area contributed by atoms with E-state index in [1.54, 1.807) is 13.8 Å². The van der Waals surface area contributed by atoms with Gasteiger partial charge in [-0.15, -0.1) is 0 Å². The average molecular weight is 253 g/mol. The van der Waals surface area contributed by atoms with Crippen LogP contribution in [0.1, 0.15) is 27.8 Å². The van der Waals surface area contributed by atoms with Crippen molar-refractivity contribution in [2.75, 3.05) is 0 Å². The Balaban J connectivity index is 3.85. The number of hydrogen-bond donors (Lipinski definition) is 0. The Morgan fingerprint density at radius 2 is 1.18 bits per heavy atom. The summed E-state index contributed by atoms with van der Waals surface area (Å²) in [6.45, 7) is 9.12. The highest BCUT2D eigenvalue weighted by Gasteiger charge is 2.22. The highest BCUT2D eigenvalue weighted by Crippen LogP contribution is 2.30. The van der Waals surface area contributed by atoms with Gasteiger partial charge in [0.25, 0.3) is 16.1 Å². The van der Waals surface area contributed by atoms with Crippen molar-refractivity contribution >= 4 is 16.1 Å². The van der Waals surface area contributed by atoms with Crippen molar-refractivity contribution in [3.05, 3.63) is 27.8 Å². The van der Waals surface area contributed by atoms with E-state index >= 15 is 0 Å². The van der Waals surface area contributed by atoms with Crippen LogP contribution in [0.15, 0.2) is 9.29 Å². The molecular weight excluding hydrogens is 238 g/mol. The molecule has 0 spiro atoms. The molecule has 5 heteroatoms. The Labute approximate surface area is 101 Å². The van der Waals surface area contributed by atoms with Crippen molar-refractivity contribution in [2.45, 2.75) is 39.5 Å². The van der Waals surface area contributed by atoms with E-state index in [-0.39, 0.29) is 4.90 Å². The van der Waals surface area contributed by atoms with Gasteiger partial charge in [-0.2, -0.15) is 8.42 Å². The quantitative estimate of drug-likeness (QED) is 0.600. The van der Waals surface area contributed by atoms with Gasteiger partial charge >= 0.3 is 0 Å². The van der Waals surface area contributed by atoms with E-state index in [9.17, 15) is 13.2 Å². The standard InChI is InChI=1S/C12H15NO3S/c1-7-8(2)10(4)12(11(5)9(7)3)17(15,16)13-6-14/h1-5H3. The number of benzene rings is 1. The summed E-state index contributed by atoms with van der Waals surface area (Å²) in [5.74, 6) is 0. The third-order valence-electron chi connectivity index (χ3n) is 3.35. The highest BCUT2D eigenvalue weighted by molar-refractivity contribution is 7.90. The minimum atomic E-state index is -3.93. The minimum absolute atomic E-state index is 0.126. The Morgan fingerprint density at radius 3 is 1.53 bits per heavy atom. The molecule has 1 aromatic rings. The molecule has 0 saturated carbocycles. The number of hydrogen-bond acceptors (Lipinski definition) is 3. The fourth-order valence-electron chi connectivity index (χ4n) is 1.95. The van der Waals surface area contributed by atoms with Crippen LogP contribution in [0.5, 0.6) is 0 Å². The van der Waals surface area contributed by atoms with Crippen LogP contribution >= 0.6 is 0 Å². The molecular formula is C12H15NO3S. The lowest BCUT2D eigenvalue weighted by molar-refractivity contribution is 0.563. The van der Waals surface area contributed by atoms with E-state index in [1.165, 1.54) is 0 Å². The summed E-state index contributed by atoms with van der Waals surface area (Å²) in [4.78, 5) is 10.3. The topological polar surface area (TPSA) is 63.6 Å². The first-order chi connectivity index (χ1) is 7.74. The normalized spacial score (nSPS) is 11.1. The molecule has 0 aliphatic carbocycles. The molecule has 0 aliphatic heterocycles. The molecule has 0 heterocycles. The summed E-state index contributed by atoms with van der Waals surface area (Å²) in [5, 5.41) is 0. The summed E-state index contributed by atoms with van der Waals surface area (Å²) in [7, 11) is -3.93. The second-order valence-corrected chi connectivity index (χ2v) is 5.65. The Hall–Kier alpha value is -1.45. The van der Waals surface area contributed by atoms with Crippen LogP contribution < -0.4 is 0 Å². The van der Waals surface area contributed by atoms with Gasteiger partial charge in [0.2, 0.25) is 0 Å². The first-order valence-corrected chi connectivity index (χ1v) is 6.59. The Bertz CT molecular complexity index is 595. The smallest absolute Gasteiger partial charge is 0.210 e. The first kappa shape index (κ1) is 13.6. The van der Waals surface area contributed by atoms with E-state index in [0.29, 0.717) is 11.1 Å². The van der Waals surface area contributed by atoms with Crippen molar-refractivity contribution in [1.82, 2.24) is 0 Å². The van der Waals surface area contributed by atoms with Gasteiger partial charge < -0.3 is 0 Å². The van der Waals surface area contributed by atoms with E-state index in [2.05, 4.69) is 4.40 Å². The summed E-state index contributed by atoms with van der Waals surface area (Å²) >= 11 is 0. The van der Waals surface area contributed by atoms with E-state index < -0.39 is 10.0 Å². The molecule has 92 valence electrons. The minimum Gasteiger partial charge on any atom is -0.210 e. The second-order valence-electron chi connectivity index (χ2n) is 4.11. The summed E-state index contributed by atoms with van der Waals surface area (Å²) in [5.41, 5.74) is 4.17. The SMILES string of the molecule is Cc1c(C)c(C)c(S(=O)(=O)N=C=O)c(C)c1C. The van der Waals surface area contributed by atoms with Crippen molar-refractivity contribution in [2.24, 2.45) is 4.40 Å². The largest absolute Gasteiger partial charge is 0.293 e. The van der Waals surface area contributed by atoms with Gasteiger partial charge in [0.1, 0.15) is 0 Å². The molecule has 0 radical (unpaired) electrons. The molecule has 0 amide bonds. The first-order valence-electron chi connectivity index (χ1n) is 5.15. The number of sulfonamides is 1. The van der Waals surface area contributed by atoms with E-state index in [4.69, 9.17) is 0 Å². The molecule has 4 nitrogen and oxygen atoms in total. The maximum atomic E-state index is 11.9. The molecule has 0 aromatic heterocycles. The lowest BCUT2D eigenvalue weighted by Crippen LogP contribution is -2.07. The van der Waals surface area contributed by atoms with Crippen LogP contribution in [-0.2, 0) is 14.8 Å². The zero-order chi connectivity index (χ0) is 13.4. The van der Waals surface area contributed by atoms with Gasteiger partial charge in [-0.1, -0.05) is 4.40 Å². The van der Waals surface area contributed by atoms with Crippen LogP contribution in [0.3, 0.4) is 0 Å². The van der Waals surface area contributed by atoms with Gasteiger partial charge in [-0.25, -0.2) is 4.79 Å². The van der Waals surface area contributed by atoms with Crippen LogP contribution in [0.25, 0.3) is 0 Å². The van der Waals surface area contributed by atoms with E-state index in [0.717, 1.165) is 22.8 Å². The molecule has 0 fully saturated rings. The third kappa shape index (κ3) is 2.16. The zero-order valence-electron chi connectivity index (χ0n) is 10.6. The van der Waals surface area contributed by atoms with Crippen molar-refractivity contribution in [3.8, 4) is 0 Å². The molecule has 0 N–H and O–H groups in total. The molecule has 17 heavy (non-hydrogen) atoms. The number of rotatable bonds is 2. The predicted molar refractivity (Wildman–Crippen MR) is 65.4 cm³/mol. The van der Waals surface area contributed by atoms with Crippen LogP contribution in [0.4, 0.5) is 0 Å². The maximum absolute atomic E-state index is 11.9. The maximum Gasteiger partial charge on any atom is 0.293 e. The Morgan fingerprint density at radius 1 is 0.824 bits per heavy atom. The second kappa shape index (κ2) is 4.43. The Kier molecular flexibility index (Phi) is 3.55. The predicted octanol–water partition coefficient (Wildman–Crippen LogP) is 2.25. The zero-order valence-corrected chi connectivity index (χ0v) is 11.4. The number of nitrogens with zero attached hydrogens (tertiary/aromatic N) is 1. The third-order valence-corrected chi connectivity index (χ3v) is 4.79. The molecule has 0 bridgehead atoms. The molecule has 0 unspecified atom stereocenters. The summed E-state index contributed by atoms with van der Waals surface area (Å²) < 4.78 is 26.6. The van der Waals surface area contributed by atoms with Crippen molar-refractivity contribution in [3.63, 3.8) is 0 Å². The number of carbonyl (C=O) groups excluding carboxylic acids is 1. The average Bonchev–Trinajstić information content (AvgIpc) is 2.23. The van der Waals surface area contributed by atoms with Gasteiger partial charge in [0.05, 0.1) is 4.90 Å². The monoisotopic (exact) mass is 253 g/mol. The van der Waals surface area contributed by atoms with Gasteiger partial charge in [-0.3, -0.25) is 0 Å².